The molecule has 0 radical (unpaired) electrons. The minimum Gasteiger partial charge on any atom is -0.444 e. The van der Waals surface area contributed by atoms with Crippen LogP contribution >= 0.6 is 11.6 Å². The molecule has 4 aliphatic rings. The molecule has 3 aliphatic heterocycles. The molecule has 2 aromatic rings. The van der Waals surface area contributed by atoms with E-state index in [0.29, 0.717) is 48.4 Å². The number of hydrogen-bond acceptors (Lipinski definition) is 7. The number of nitrogens with zero attached hydrogens (tertiary/aromatic N) is 2. The summed E-state index contributed by atoms with van der Waals surface area (Å²) >= 11 is 6.02. The maximum Gasteiger partial charge on any atom is 0.410 e. The van der Waals surface area contributed by atoms with Crippen LogP contribution in [0.3, 0.4) is 0 Å². The molecule has 5 amide bonds. The van der Waals surface area contributed by atoms with Gasteiger partial charge in [-0.25, -0.2) is 14.0 Å². The van der Waals surface area contributed by atoms with Crippen LogP contribution in [0, 0.1) is 11.7 Å². The lowest BCUT2D eigenvalue weighted by Gasteiger charge is -2.30. The first-order valence-electron chi connectivity index (χ1n) is 18.8. The van der Waals surface area contributed by atoms with Gasteiger partial charge in [0, 0.05) is 36.0 Å². The zero-order valence-electron chi connectivity index (χ0n) is 31.0. The summed E-state index contributed by atoms with van der Waals surface area (Å²) in [7, 11) is 0. The van der Waals surface area contributed by atoms with Gasteiger partial charge >= 0.3 is 12.2 Å². The highest BCUT2D eigenvalue weighted by Gasteiger charge is 2.61. The highest BCUT2D eigenvalue weighted by atomic mass is 35.5. The van der Waals surface area contributed by atoms with Crippen molar-refractivity contribution in [1.82, 2.24) is 25.8 Å². The first-order chi connectivity index (χ1) is 25.7. The van der Waals surface area contributed by atoms with E-state index in [-0.39, 0.29) is 37.9 Å². The summed E-state index contributed by atoms with van der Waals surface area (Å²) in [6, 6.07) is 9.91. The number of fused-ring (bicyclic) bond motifs is 3. The number of halogens is 2. The second-order valence-electron chi connectivity index (χ2n) is 15.7. The highest BCUT2D eigenvalue weighted by Crippen LogP contribution is 2.45. The van der Waals surface area contributed by atoms with E-state index < -0.39 is 59.1 Å². The number of allylic oxidation sites excluding steroid dienone is 1. The molecule has 2 fully saturated rings. The van der Waals surface area contributed by atoms with Gasteiger partial charge in [0.15, 0.2) is 0 Å². The molecule has 0 spiro atoms. The van der Waals surface area contributed by atoms with Crippen molar-refractivity contribution in [2.45, 2.75) is 115 Å². The maximum atomic E-state index is 14.5. The number of benzene rings is 2. The molecule has 3 N–H and O–H groups in total. The molecule has 4 unspecified atom stereocenters. The summed E-state index contributed by atoms with van der Waals surface area (Å²) in [6.45, 7) is 5.59. The minimum absolute atomic E-state index is 0.0343. The normalized spacial score (nSPS) is 25.6. The lowest BCUT2D eigenvalue weighted by atomic mass is 10.0. The number of amides is 5. The first-order valence-corrected chi connectivity index (χ1v) is 19.1. The third-order valence-corrected chi connectivity index (χ3v) is 10.7. The van der Waals surface area contributed by atoms with Crippen LogP contribution in [0.5, 0.6) is 0 Å². The van der Waals surface area contributed by atoms with Gasteiger partial charge < -0.3 is 30.3 Å². The van der Waals surface area contributed by atoms with Gasteiger partial charge in [0.2, 0.25) is 17.7 Å². The van der Waals surface area contributed by atoms with Crippen molar-refractivity contribution < 1.29 is 37.8 Å². The van der Waals surface area contributed by atoms with E-state index in [2.05, 4.69) is 16.0 Å². The lowest BCUT2D eigenvalue weighted by Crippen LogP contribution is -2.58. The predicted octanol–water partition coefficient (Wildman–Crippen LogP) is 5.55. The molecule has 1 aliphatic carbocycles. The van der Waals surface area contributed by atoms with Crippen LogP contribution in [-0.4, -0.2) is 82.1 Å². The fourth-order valence-electron chi connectivity index (χ4n) is 7.47. The summed E-state index contributed by atoms with van der Waals surface area (Å²) in [5.74, 6) is -2.06. The van der Waals surface area contributed by atoms with Gasteiger partial charge in [-0.05, 0) is 82.2 Å². The topological polar surface area (TPSA) is 146 Å². The van der Waals surface area contributed by atoms with E-state index in [0.717, 1.165) is 24.8 Å². The molecule has 0 bridgehead atoms. The summed E-state index contributed by atoms with van der Waals surface area (Å²) in [6.07, 6.45) is 5.87. The first kappa shape index (κ1) is 39.1. The Morgan fingerprint density at radius 2 is 1.83 bits per heavy atom. The molecule has 54 heavy (non-hydrogen) atoms. The van der Waals surface area contributed by atoms with Crippen LogP contribution in [-0.2, 0) is 43.4 Å². The standard InChI is InChI=1S/C40H49ClFN5O7/c1-39(2,3)54-37(51)44-32-13-8-6-4-5-7-11-27-21-40(27,36(50)43-19-18-25-14-16-28(41)17-15-25)45-34(48)33-20-29(23-47(33)35(32)49)53-38(52)46-22-26-10-9-12-31(42)30(26)24-46/h7,9-12,14-17,27,29,32-33H,4-6,8,13,18-24H2,1-3H3,(H,43,50)(H,44,51)(H,45,48)/t27?,29?,32?,33-,40?/m0/s1. The average molecular weight is 766 g/mol. The third-order valence-electron chi connectivity index (χ3n) is 10.4. The number of carbonyl (C=O) groups is 5. The monoisotopic (exact) mass is 765 g/mol. The molecule has 3 heterocycles. The quantitative estimate of drug-likeness (QED) is 0.327. The Balaban J connectivity index is 1.21. The van der Waals surface area contributed by atoms with Gasteiger partial charge in [-0.1, -0.05) is 60.9 Å². The van der Waals surface area contributed by atoms with E-state index in [1.54, 1.807) is 45.0 Å². The number of alkyl carbamates (subject to hydrolysis) is 1. The van der Waals surface area contributed by atoms with Crippen LogP contribution in [0.2, 0.25) is 5.02 Å². The predicted molar refractivity (Wildman–Crippen MR) is 199 cm³/mol. The molecule has 6 rings (SSSR count). The van der Waals surface area contributed by atoms with Gasteiger partial charge in [0.1, 0.15) is 35.1 Å². The fourth-order valence-corrected chi connectivity index (χ4v) is 7.60. The summed E-state index contributed by atoms with van der Waals surface area (Å²) < 4.78 is 25.8. The molecule has 5 atom stereocenters. The summed E-state index contributed by atoms with van der Waals surface area (Å²) in [5, 5.41) is 9.33. The van der Waals surface area contributed by atoms with Crippen LogP contribution in [0.1, 0.15) is 82.4 Å². The van der Waals surface area contributed by atoms with Gasteiger partial charge in [0.05, 0.1) is 13.1 Å². The smallest absolute Gasteiger partial charge is 0.410 e. The molecular formula is C40H49ClFN5O7. The number of nitrogens with one attached hydrogen (secondary N) is 3. The summed E-state index contributed by atoms with van der Waals surface area (Å²) in [4.78, 5) is 71.6. The Kier molecular flexibility index (Phi) is 11.8. The van der Waals surface area contributed by atoms with Crippen molar-refractivity contribution in [2.24, 2.45) is 5.92 Å². The Labute approximate surface area is 320 Å². The fraction of sp³-hybridized carbons (Fsp3) is 0.525. The zero-order chi connectivity index (χ0) is 38.6. The van der Waals surface area contributed by atoms with Crippen molar-refractivity contribution in [2.75, 3.05) is 13.1 Å². The number of rotatable bonds is 6. The van der Waals surface area contributed by atoms with Crippen molar-refractivity contribution in [3.8, 4) is 0 Å². The maximum absolute atomic E-state index is 14.5. The zero-order valence-corrected chi connectivity index (χ0v) is 31.8. The third kappa shape index (κ3) is 9.34. The molecule has 290 valence electrons. The van der Waals surface area contributed by atoms with Crippen LogP contribution < -0.4 is 16.0 Å². The van der Waals surface area contributed by atoms with Crippen LogP contribution in [0.25, 0.3) is 0 Å². The van der Waals surface area contributed by atoms with E-state index >= 15 is 0 Å². The lowest BCUT2D eigenvalue weighted by molar-refractivity contribution is -0.141. The Morgan fingerprint density at radius 1 is 1.06 bits per heavy atom. The van der Waals surface area contributed by atoms with Gasteiger partial charge in [-0.2, -0.15) is 0 Å². The Bertz CT molecular complexity index is 1780. The van der Waals surface area contributed by atoms with E-state index in [1.165, 1.54) is 15.9 Å². The Hall–Kier alpha value is -4.65. The number of ether oxygens (including phenoxy) is 2. The molecular weight excluding hydrogens is 717 g/mol. The number of carbonyl (C=O) groups excluding carboxylic acids is 5. The number of hydrogen-bond donors (Lipinski definition) is 3. The molecule has 2 aromatic carbocycles. The van der Waals surface area contributed by atoms with E-state index in [9.17, 15) is 28.4 Å². The molecule has 0 aromatic heterocycles. The largest absolute Gasteiger partial charge is 0.444 e. The van der Waals surface area contributed by atoms with E-state index in [1.807, 2.05) is 24.3 Å². The molecule has 14 heteroatoms. The molecule has 1 saturated carbocycles. The van der Waals surface area contributed by atoms with Crippen molar-refractivity contribution in [3.63, 3.8) is 0 Å². The van der Waals surface area contributed by atoms with Crippen molar-refractivity contribution in [1.29, 1.82) is 0 Å². The SMILES string of the molecule is CC(C)(C)OC(=O)NC1CCCCCC=CC2CC2(C(=O)NCCc2ccc(Cl)cc2)NC(=O)[C@@H]2CC(OC(=O)N3Cc4cccc(F)c4C3)CN2C1=O. The van der Waals surface area contributed by atoms with E-state index in [4.69, 9.17) is 21.1 Å². The minimum atomic E-state index is -1.23. The average Bonchev–Trinajstić information content (AvgIpc) is 3.41. The van der Waals surface area contributed by atoms with Crippen molar-refractivity contribution >= 4 is 41.5 Å². The van der Waals surface area contributed by atoms with Crippen LogP contribution in [0.4, 0.5) is 14.0 Å². The second kappa shape index (κ2) is 16.4. The molecule has 1 saturated heterocycles. The summed E-state index contributed by atoms with van der Waals surface area (Å²) in [5.41, 5.74) is 0.0627. The Morgan fingerprint density at radius 3 is 2.57 bits per heavy atom. The highest BCUT2D eigenvalue weighted by molar-refractivity contribution is 6.30. The van der Waals surface area contributed by atoms with Gasteiger partial charge in [-0.15, -0.1) is 0 Å². The van der Waals surface area contributed by atoms with Gasteiger partial charge in [0.25, 0.3) is 0 Å². The van der Waals surface area contributed by atoms with Gasteiger partial charge in [-0.3, -0.25) is 19.3 Å². The van der Waals surface area contributed by atoms with Crippen molar-refractivity contribution in [3.05, 3.63) is 82.1 Å². The molecule has 12 nitrogen and oxygen atoms in total. The second-order valence-corrected chi connectivity index (χ2v) is 16.1. The van der Waals surface area contributed by atoms with Crippen LogP contribution in [0.15, 0.2) is 54.6 Å².